The molecule has 1 aromatic rings. The van der Waals surface area contributed by atoms with Gasteiger partial charge in [0.1, 0.15) is 11.5 Å². The highest BCUT2D eigenvalue weighted by Crippen LogP contribution is 2.24. The summed E-state index contributed by atoms with van der Waals surface area (Å²) in [5, 5.41) is 2.80. The first-order valence-electron chi connectivity index (χ1n) is 4.65. The molecule has 2 heterocycles. The number of hydrogen-bond acceptors (Lipinski definition) is 2. The largest absolute Gasteiger partial charge is 0.466 e. The molecule has 2 rings (SSSR count). The van der Waals surface area contributed by atoms with Crippen LogP contribution in [0.3, 0.4) is 0 Å². The quantitative estimate of drug-likeness (QED) is 0.746. The Labute approximate surface area is 77.1 Å². The fourth-order valence-electron chi connectivity index (χ4n) is 1.61. The highest BCUT2D eigenvalue weighted by atomic mass is 16.3. The summed E-state index contributed by atoms with van der Waals surface area (Å²) in [6.07, 6.45) is 1.48. The van der Waals surface area contributed by atoms with Crippen molar-refractivity contribution in [3.63, 3.8) is 0 Å². The van der Waals surface area contributed by atoms with E-state index < -0.39 is 0 Å². The predicted octanol–water partition coefficient (Wildman–Crippen LogP) is 1.45. The molecule has 1 atom stereocenters. The zero-order chi connectivity index (χ0) is 9.26. The Hall–Kier alpha value is -1.25. The molecule has 0 aliphatic carbocycles. The van der Waals surface area contributed by atoms with Gasteiger partial charge in [-0.3, -0.25) is 4.79 Å². The maximum Gasteiger partial charge on any atom is 0.220 e. The van der Waals surface area contributed by atoms with Crippen LogP contribution in [0.15, 0.2) is 16.5 Å². The van der Waals surface area contributed by atoms with E-state index >= 15 is 0 Å². The Morgan fingerprint density at radius 2 is 2.46 bits per heavy atom. The molecule has 1 aromatic heterocycles. The lowest BCUT2D eigenvalue weighted by Crippen LogP contribution is -2.13. The van der Waals surface area contributed by atoms with Crippen molar-refractivity contribution in [2.45, 2.75) is 25.7 Å². The van der Waals surface area contributed by atoms with Crippen molar-refractivity contribution in [2.75, 3.05) is 6.54 Å². The summed E-state index contributed by atoms with van der Waals surface area (Å²) in [5.74, 6) is 2.30. The first-order valence-corrected chi connectivity index (χ1v) is 4.65. The minimum absolute atomic E-state index is 0.124. The zero-order valence-corrected chi connectivity index (χ0v) is 7.67. The van der Waals surface area contributed by atoms with E-state index in [-0.39, 0.29) is 11.8 Å². The average molecular weight is 179 g/mol. The van der Waals surface area contributed by atoms with Crippen LogP contribution in [0.5, 0.6) is 0 Å². The lowest BCUT2D eigenvalue weighted by Gasteiger charge is -2.01. The maximum absolute atomic E-state index is 11.0. The molecule has 0 bridgehead atoms. The van der Waals surface area contributed by atoms with Gasteiger partial charge in [0.25, 0.3) is 0 Å². The third kappa shape index (κ3) is 1.59. The number of furan rings is 1. The van der Waals surface area contributed by atoms with Crippen LogP contribution < -0.4 is 5.32 Å². The monoisotopic (exact) mass is 179 g/mol. The van der Waals surface area contributed by atoms with Crippen LogP contribution in [-0.4, -0.2) is 12.5 Å². The molecule has 0 spiro atoms. The summed E-state index contributed by atoms with van der Waals surface area (Å²) in [4.78, 5) is 11.0. The number of carbonyl (C=O) groups excluding carboxylic acids is 1. The Morgan fingerprint density at radius 1 is 1.62 bits per heavy atom. The molecule has 13 heavy (non-hydrogen) atoms. The molecule has 70 valence electrons. The summed E-state index contributed by atoms with van der Waals surface area (Å²) in [6.45, 7) is 2.77. The van der Waals surface area contributed by atoms with Crippen LogP contribution in [-0.2, 0) is 11.2 Å². The van der Waals surface area contributed by atoms with Crippen molar-refractivity contribution < 1.29 is 9.21 Å². The fourth-order valence-corrected chi connectivity index (χ4v) is 1.61. The van der Waals surface area contributed by atoms with Gasteiger partial charge in [0, 0.05) is 25.3 Å². The van der Waals surface area contributed by atoms with Crippen LogP contribution >= 0.6 is 0 Å². The van der Waals surface area contributed by atoms with Crippen LogP contribution in [0.2, 0.25) is 0 Å². The van der Waals surface area contributed by atoms with Gasteiger partial charge in [0.15, 0.2) is 0 Å². The Morgan fingerprint density at radius 3 is 3.00 bits per heavy atom. The van der Waals surface area contributed by atoms with E-state index in [2.05, 4.69) is 12.2 Å². The molecule has 1 amide bonds. The molecule has 1 fully saturated rings. The number of rotatable bonds is 2. The van der Waals surface area contributed by atoms with Crippen LogP contribution in [0.25, 0.3) is 0 Å². The lowest BCUT2D eigenvalue weighted by molar-refractivity contribution is -0.119. The molecule has 1 aliphatic rings. The average Bonchev–Trinajstić information content (AvgIpc) is 2.71. The summed E-state index contributed by atoms with van der Waals surface area (Å²) >= 11 is 0. The molecular formula is C10H13NO2. The molecule has 0 radical (unpaired) electrons. The molecule has 3 heteroatoms. The molecule has 3 nitrogen and oxygen atoms in total. The number of amides is 1. The molecular weight excluding hydrogens is 166 g/mol. The first-order chi connectivity index (χ1) is 6.29. The van der Waals surface area contributed by atoms with Gasteiger partial charge in [-0.15, -0.1) is 0 Å². The standard InChI is InChI=1S/C10H13NO2/c1-2-8-3-4-9(13-8)7-5-10(12)11-6-7/h3-4,7H,2,5-6H2,1H3,(H,11,12). The molecule has 1 N–H and O–H groups in total. The third-order valence-electron chi connectivity index (χ3n) is 2.41. The number of nitrogens with one attached hydrogen (secondary N) is 1. The zero-order valence-electron chi connectivity index (χ0n) is 7.67. The normalized spacial score (nSPS) is 21.9. The van der Waals surface area contributed by atoms with E-state index in [4.69, 9.17) is 4.42 Å². The fraction of sp³-hybridized carbons (Fsp3) is 0.500. The number of carbonyl (C=O) groups is 1. The summed E-state index contributed by atoms with van der Waals surface area (Å²) in [7, 11) is 0. The van der Waals surface area contributed by atoms with Gasteiger partial charge < -0.3 is 9.73 Å². The lowest BCUT2D eigenvalue weighted by atomic mass is 10.1. The van der Waals surface area contributed by atoms with Gasteiger partial charge in [-0.2, -0.15) is 0 Å². The second-order valence-corrected chi connectivity index (χ2v) is 3.36. The van der Waals surface area contributed by atoms with Gasteiger partial charge in [-0.05, 0) is 12.1 Å². The Kier molecular flexibility index (Phi) is 2.08. The van der Waals surface area contributed by atoms with E-state index in [0.29, 0.717) is 6.42 Å². The van der Waals surface area contributed by atoms with Crippen molar-refractivity contribution in [1.82, 2.24) is 5.32 Å². The van der Waals surface area contributed by atoms with Crippen LogP contribution in [0.4, 0.5) is 0 Å². The minimum atomic E-state index is 0.124. The molecule has 1 unspecified atom stereocenters. The smallest absolute Gasteiger partial charge is 0.220 e. The van der Waals surface area contributed by atoms with E-state index in [1.807, 2.05) is 12.1 Å². The highest BCUT2D eigenvalue weighted by Gasteiger charge is 2.25. The van der Waals surface area contributed by atoms with Gasteiger partial charge in [0.2, 0.25) is 5.91 Å². The van der Waals surface area contributed by atoms with Crippen LogP contribution in [0.1, 0.15) is 30.8 Å². The molecule has 0 saturated carbocycles. The van der Waals surface area contributed by atoms with E-state index in [1.165, 1.54) is 0 Å². The second-order valence-electron chi connectivity index (χ2n) is 3.36. The van der Waals surface area contributed by atoms with Crippen LogP contribution in [0, 0.1) is 0 Å². The van der Waals surface area contributed by atoms with Crippen molar-refractivity contribution in [1.29, 1.82) is 0 Å². The molecule has 1 saturated heterocycles. The van der Waals surface area contributed by atoms with Crippen molar-refractivity contribution in [3.8, 4) is 0 Å². The highest BCUT2D eigenvalue weighted by molar-refractivity contribution is 5.79. The van der Waals surface area contributed by atoms with Crippen molar-refractivity contribution in [2.24, 2.45) is 0 Å². The summed E-state index contributed by atoms with van der Waals surface area (Å²) < 4.78 is 5.57. The third-order valence-corrected chi connectivity index (χ3v) is 2.41. The minimum Gasteiger partial charge on any atom is -0.466 e. The first kappa shape index (κ1) is 8.35. The van der Waals surface area contributed by atoms with E-state index in [1.54, 1.807) is 0 Å². The number of aryl methyl sites for hydroxylation is 1. The van der Waals surface area contributed by atoms with Crippen molar-refractivity contribution >= 4 is 5.91 Å². The Balaban J connectivity index is 2.12. The second kappa shape index (κ2) is 3.24. The van der Waals surface area contributed by atoms with Gasteiger partial charge in [-0.25, -0.2) is 0 Å². The van der Waals surface area contributed by atoms with Gasteiger partial charge in [0.05, 0.1) is 0 Å². The van der Waals surface area contributed by atoms with E-state index in [0.717, 1.165) is 24.5 Å². The molecule has 0 aromatic carbocycles. The van der Waals surface area contributed by atoms with Gasteiger partial charge >= 0.3 is 0 Å². The van der Waals surface area contributed by atoms with Gasteiger partial charge in [-0.1, -0.05) is 6.92 Å². The number of hydrogen-bond donors (Lipinski definition) is 1. The topological polar surface area (TPSA) is 42.2 Å². The predicted molar refractivity (Wildman–Crippen MR) is 48.5 cm³/mol. The summed E-state index contributed by atoms with van der Waals surface area (Å²) in [6, 6.07) is 3.96. The summed E-state index contributed by atoms with van der Waals surface area (Å²) in [5.41, 5.74) is 0. The van der Waals surface area contributed by atoms with E-state index in [9.17, 15) is 4.79 Å². The molecule has 1 aliphatic heterocycles. The Bertz CT molecular complexity index is 316. The van der Waals surface area contributed by atoms with Crippen molar-refractivity contribution in [3.05, 3.63) is 23.7 Å². The maximum atomic E-state index is 11.0. The SMILES string of the molecule is CCc1ccc(C2CNC(=O)C2)o1.